The van der Waals surface area contributed by atoms with E-state index < -0.39 is 0 Å². The molecule has 4 rings (SSSR count). The number of amides is 1. The normalized spacial score (nSPS) is 22.4. The second-order valence-electron chi connectivity index (χ2n) is 7.69. The molecule has 0 radical (unpaired) electrons. The van der Waals surface area contributed by atoms with Crippen molar-refractivity contribution in [2.24, 2.45) is 5.10 Å². The van der Waals surface area contributed by atoms with Crippen LogP contribution in [0.5, 0.6) is 0 Å². The predicted molar refractivity (Wildman–Crippen MR) is 110 cm³/mol. The quantitative estimate of drug-likeness (QED) is 0.856. The number of carbonyl (C=O) groups is 1. The number of hydrogen-bond acceptors (Lipinski definition) is 3. The summed E-state index contributed by atoms with van der Waals surface area (Å²) in [5, 5.41) is 9.73. The number of hydrogen-bond donors (Lipinski definition) is 1. The van der Waals surface area contributed by atoms with E-state index >= 15 is 0 Å². The molecule has 1 N–H and O–H groups in total. The molecule has 0 aromatic heterocycles. The number of hydrazone groups is 1. The monoisotopic (exact) mass is 361 g/mol. The Kier molecular flexibility index (Phi) is 5.23. The smallest absolute Gasteiger partial charge is 0.251 e. The fraction of sp³-hybridized carbons (Fsp3) is 0.391. The first-order valence-electron chi connectivity index (χ1n) is 9.96. The molecule has 4 heteroatoms. The van der Waals surface area contributed by atoms with Crippen LogP contribution in [0.2, 0.25) is 0 Å². The molecule has 2 aliphatic rings. The third kappa shape index (κ3) is 4.21. The van der Waals surface area contributed by atoms with Gasteiger partial charge in [0.1, 0.15) is 0 Å². The highest BCUT2D eigenvalue weighted by atomic mass is 16.1. The molecular weight excluding hydrogens is 334 g/mol. The molecule has 1 aliphatic carbocycles. The average molecular weight is 361 g/mol. The molecule has 27 heavy (non-hydrogen) atoms. The van der Waals surface area contributed by atoms with E-state index in [1.807, 2.05) is 36.2 Å². The van der Waals surface area contributed by atoms with E-state index in [2.05, 4.69) is 40.8 Å². The summed E-state index contributed by atoms with van der Waals surface area (Å²) in [4.78, 5) is 12.6. The molecule has 1 heterocycles. The van der Waals surface area contributed by atoms with Gasteiger partial charge in [-0.1, -0.05) is 30.3 Å². The third-order valence-electron chi connectivity index (χ3n) is 5.74. The highest BCUT2D eigenvalue weighted by Gasteiger charge is 2.23. The highest BCUT2D eigenvalue weighted by Crippen LogP contribution is 2.32. The molecule has 2 aromatic rings. The summed E-state index contributed by atoms with van der Waals surface area (Å²) in [5.41, 5.74) is 4.36. The number of anilines is 1. The SMILES string of the molecule is CC1=NN(c2ccc(C(=O)NC3CCC(c4ccccc4)CC3)cc2)CC1. The lowest BCUT2D eigenvalue weighted by Gasteiger charge is -2.29. The Morgan fingerprint density at radius 3 is 2.33 bits per heavy atom. The molecule has 140 valence electrons. The largest absolute Gasteiger partial charge is 0.349 e. The topological polar surface area (TPSA) is 44.7 Å². The maximum Gasteiger partial charge on any atom is 0.251 e. The molecule has 0 spiro atoms. The second kappa shape index (κ2) is 7.95. The fourth-order valence-corrected chi connectivity index (χ4v) is 4.11. The van der Waals surface area contributed by atoms with Crippen molar-refractivity contribution >= 4 is 17.3 Å². The van der Waals surface area contributed by atoms with Gasteiger partial charge < -0.3 is 5.32 Å². The number of carbonyl (C=O) groups excluding carboxylic acids is 1. The summed E-state index contributed by atoms with van der Waals surface area (Å²) < 4.78 is 0. The van der Waals surface area contributed by atoms with Crippen molar-refractivity contribution < 1.29 is 4.79 Å². The maximum absolute atomic E-state index is 12.6. The van der Waals surface area contributed by atoms with Crippen molar-refractivity contribution in [2.45, 2.75) is 51.0 Å². The van der Waals surface area contributed by atoms with Gasteiger partial charge in [0.15, 0.2) is 0 Å². The van der Waals surface area contributed by atoms with E-state index in [9.17, 15) is 4.79 Å². The Labute approximate surface area is 161 Å². The van der Waals surface area contributed by atoms with Crippen molar-refractivity contribution in [3.63, 3.8) is 0 Å². The van der Waals surface area contributed by atoms with E-state index in [1.165, 1.54) is 5.56 Å². The standard InChI is InChI=1S/C23H27N3O/c1-17-15-16-26(25-17)22-13-9-20(10-14-22)23(27)24-21-11-7-19(8-12-21)18-5-3-2-4-6-18/h2-6,9-10,13-14,19,21H,7-8,11-12,15-16H2,1H3,(H,24,27). The van der Waals surface area contributed by atoms with Crippen molar-refractivity contribution in [2.75, 3.05) is 11.6 Å². The van der Waals surface area contributed by atoms with E-state index in [-0.39, 0.29) is 11.9 Å². The van der Waals surface area contributed by atoms with Crippen LogP contribution < -0.4 is 10.3 Å². The Hall–Kier alpha value is -2.62. The van der Waals surface area contributed by atoms with Crippen LogP contribution in [0.15, 0.2) is 59.7 Å². The first-order valence-corrected chi connectivity index (χ1v) is 9.96. The van der Waals surface area contributed by atoms with Crippen LogP contribution in [-0.4, -0.2) is 24.2 Å². The lowest BCUT2D eigenvalue weighted by atomic mass is 9.82. The molecule has 0 unspecified atom stereocenters. The first kappa shape index (κ1) is 17.8. The average Bonchev–Trinajstić information content (AvgIpc) is 3.16. The van der Waals surface area contributed by atoms with Crippen LogP contribution in [-0.2, 0) is 0 Å². The summed E-state index contributed by atoms with van der Waals surface area (Å²) in [5.74, 6) is 0.661. The fourth-order valence-electron chi connectivity index (χ4n) is 4.11. The molecule has 0 saturated heterocycles. The van der Waals surface area contributed by atoms with Gasteiger partial charge in [0, 0.05) is 30.3 Å². The number of nitrogens with one attached hydrogen (secondary N) is 1. The van der Waals surface area contributed by atoms with Gasteiger partial charge in [-0.05, 0) is 68.4 Å². The van der Waals surface area contributed by atoms with Crippen LogP contribution in [0.25, 0.3) is 0 Å². The Balaban J connectivity index is 1.31. The first-order chi connectivity index (χ1) is 13.2. The second-order valence-corrected chi connectivity index (χ2v) is 7.69. The van der Waals surface area contributed by atoms with E-state index in [1.54, 1.807) is 0 Å². The molecular formula is C23H27N3O. The van der Waals surface area contributed by atoms with Crippen molar-refractivity contribution in [1.82, 2.24) is 5.32 Å². The van der Waals surface area contributed by atoms with E-state index in [0.29, 0.717) is 5.92 Å². The van der Waals surface area contributed by atoms with Gasteiger partial charge in [0.2, 0.25) is 0 Å². The minimum Gasteiger partial charge on any atom is -0.349 e. The molecule has 0 bridgehead atoms. The Morgan fingerprint density at radius 2 is 1.70 bits per heavy atom. The minimum atomic E-state index is 0.0332. The van der Waals surface area contributed by atoms with Crippen molar-refractivity contribution in [3.8, 4) is 0 Å². The van der Waals surface area contributed by atoms with Gasteiger partial charge in [-0.3, -0.25) is 9.80 Å². The zero-order valence-electron chi connectivity index (χ0n) is 15.9. The van der Waals surface area contributed by atoms with Crippen molar-refractivity contribution in [1.29, 1.82) is 0 Å². The molecule has 1 saturated carbocycles. The third-order valence-corrected chi connectivity index (χ3v) is 5.74. The number of rotatable bonds is 4. The summed E-state index contributed by atoms with van der Waals surface area (Å²) >= 11 is 0. The van der Waals surface area contributed by atoms with Gasteiger partial charge in [-0.15, -0.1) is 0 Å². The molecule has 4 nitrogen and oxygen atoms in total. The summed E-state index contributed by atoms with van der Waals surface area (Å²) in [6.45, 7) is 2.97. The van der Waals surface area contributed by atoms with Gasteiger partial charge in [-0.2, -0.15) is 5.10 Å². The lowest BCUT2D eigenvalue weighted by Crippen LogP contribution is -2.37. The zero-order valence-corrected chi connectivity index (χ0v) is 15.9. The molecule has 1 fully saturated rings. The van der Waals surface area contributed by atoms with Crippen LogP contribution in [0.1, 0.15) is 60.9 Å². The molecule has 2 aromatic carbocycles. The van der Waals surface area contributed by atoms with Crippen LogP contribution >= 0.6 is 0 Å². The van der Waals surface area contributed by atoms with Gasteiger partial charge in [0.05, 0.1) is 5.69 Å². The Bertz CT molecular complexity index is 805. The number of benzene rings is 2. The Morgan fingerprint density at radius 1 is 1.00 bits per heavy atom. The lowest BCUT2D eigenvalue weighted by molar-refractivity contribution is 0.0926. The van der Waals surface area contributed by atoms with Crippen LogP contribution in [0.3, 0.4) is 0 Å². The molecule has 1 amide bonds. The van der Waals surface area contributed by atoms with Crippen LogP contribution in [0.4, 0.5) is 5.69 Å². The summed E-state index contributed by atoms with van der Waals surface area (Å²) in [6.07, 6.45) is 5.38. The van der Waals surface area contributed by atoms with Crippen LogP contribution in [0, 0.1) is 0 Å². The zero-order chi connectivity index (χ0) is 18.6. The van der Waals surface area contributed by atoms with Crippen molar-refractivity contribution in [3.05, 3.63) is 65.7 Å². The van der Waals surface area contributed by atoms with E-state index in [4.69, 9.17) is 0 Å². The minimum absolute atomic E-state index is 0.0332. The highest BCUT2D eigenvalue weighted by molar-refractivity contribution is 5.94. The summed E-state index contributed by atoms with van der Waals surface area (Å²) in [7, 11) is 0. The van der Waals surface area contributed by atoms with Gasteiger partial charge >= 0.3 is 0 Å². The van der Waals surface area contributed by atoms with Gasteiger partial charge in [0.25, 0.3) is 5.91 Å². The maximum atomic E-state index is 12.6. The molecule has 1 aliphatic heterocycles. The number of nitrogens with zero attached hydrogens (tertiary/aromatic N) is 2. The predicted octanol–water partition coefficient (Wildman–Crippen LogP) is 4.73. The van der Waals surface area contributed by atoms with Gasteiger partial charge in [-0.25, -0.2) is 0 Å². The molecule has 0 atom stereocenters. The summed E-state index contributed by atoms with van der Waals surface area (Å²) in [6, 6.07) is 18.8. The van der Waals surface area contributed by atoms with E-state index in [0.717, 1.165) is 55.6 Å².